The van der Waals surface area contributed by atoms with E-state index >= 15 is 0 Å². The molecule has 1 aliphatic heterocycles. The van der Waals surface area contributed by atoms with Crippen molar-refractivity contribution in [2.75, 3.05) is 38.7 Å². The highest BCUT2D eigenvalue weighted by Crippen LogP contribution is 2.29. The molecule has 4 atom stereocenters. The number of benzene rings is 1. The number of hydrogen-bond acceptors (Lipinski definition) is 7. The molecule has 2 N–H and O–H groups in total. The number of carbonyl (C=O) groups excluding carboxylic acids is 3. The Kier molecular flexibility index (Phi) is 13.2. The third kappa shape index (κ3) is 11.0. The van der Waals surface area contributed by atoms with Crippen LogP contribution in [0.4, 0.5) is 18.9 Å². The summed E-state index contributed by atoms with van der Waals surface area (Å²) >= 11 is 0. The number of carbonyl (C=O) groups is 3. The van der Waals surface area contributed by atoms with E-state index < -0.39 is 43.0 Å². The van der Waals surface area contributed by atoms with Gasteiger partial charge in [0.25, 0.3) is 11.8 Å². The number of likely N-dealkylation sites (N-methyl/N-ethyl adjacent to an activating group) is 1. The number of aromatic nitrogens is 1. The lowest BCUT2D eigenvalue weighted by Gasteiger charge is -2.36. The molecule has 0 unspecified atom stereocenters. The molecule has 0 fully saturated rings. The second kappa shape index (κ2) is 16.6. The molecule has 1 aliphatic rings. The SMILES string of the molecule is C[C@@H]1CN([C@@H](C)CO)C(=O)c2cc(NC(=O)c3ccncc3)ccc2O[C@@H](C)CCCCO[C@@H]1CN(C)C(=O)CCC(F)(F)F. The molecule has 0 radical (unpaired) electrons. The summed E-state index contributed by atoms with van der Waals surface area (Å²) in [5.74, 6) is -1.53. The first kappa shape index (κ1) is 35.8. The first-order valence-corrected chi connectivity index (χ1v) is 15.1. The smallest absolute Gasteiger partial charge is 0.389 e. The molecular weight excluding hydrogens is 593 g/mol. The van der Waals surface area contributed by atoms with Crippen molar-refractivity contribution in [3.05, 3.63) is 53.9 Å². The van der Waals surface area contributed by atoms with Crippen LogP contribution in [-0.4, -0.2) is 95.4 Å². The molecule has 0 bridgehead atoms. The number of pyridine rings is 1. The number of rotatable bonds is 8. The van der Waals surface area contributed by atoms with E-state index in [0.29, 0.717) is 36.4 Å². The Labute approximate surface area is 261 Å². The number of fused-ring (bicyclic) bond motifs is 1. The number of aliphatic hydroxyl groups is 1. The lowest BCUT2D eigenvalue weighted by molar-refractivity contribution is -0.149. The van der Waals surface area contributed by atoms with Gasteiger partial charge in [0, 0.05) is 62.7 Å². The Morgan fingerprint density at radius 3 is 2.56 bits per heavy atom. The molecule has 45 heavy (non-hydrogen) atoms. The largest absolute Gasteiger partial charge is 0.490 e. The standard InChI is InChI=1S/C32H43F3N4O6/c1-21-18-39(22(2)20-40)31(43)26-17-25(37-30(42)24-11-14-36-15-12-24)8-9-27(26)45-23(3)7-5-6-16-44-28(21)19-38(4)29(41)10-13-32(33,34)35/h8-9,11-12,14-15,17,21-23,28,40H,5-7,10,13,16,18-20H2,1-4H3,(H,37,42)/t21-,22+,23+,28-/m1/s1. The van der Waals surface area contributed by atoms with E-state index in [0.717, 1.165) is 6.42 Å². The van der Waals surface area contributed by atoms with E-state index in [4.69, 9.17) is 9.47 Å². The normalized spacial score (nSPS) is 20.8. The van der Waals surface area contributed by atoms with Crippen LogP contribution in [0.1, 0.15) is 73.6 Å². The van der Waals surface area contributed by atoms with Crippen LogP contribution in [0.15, 0.2) is 42.7 Å². The fraction of sp³-hybridized carbons (Fsp3) is 0.562. The van der Waals surface area contributed by atoms with Crippen molar-refractivity contribution in [1.29, 1.82) is 0 Å². The van der Waals surface area contributed by atoms with Crippen LogP contribution < -0.4 is 10.1 Å². The number of amides is 3. The Hall–Kier alpha value is -3.71. The number of nitrogens with one attached hydrogen (secondary N) is 1. The van der Waals surface area contributed by atoms with Gasteiger partial charge in [-0.15, -0.1) is 0 Å². The molecule has 248 valence electrons. The van der Waals surface area contributed by atoms with Gasteiger partial charge < -0.3 is 29.7 Å². The van der Waals surface area contributed by atoms with Gasteiger partial charge in [-0.2, -0.15) is 13.2 Å². The number of aliphatic hydroxyl groups excluding tert-OH is 1. The average molecular weight is 637 g/mol. The molecule has 10 nitrogen and oxygen atoms in total. The van der Waals surface area contributed by atoms with Gasteiger partial charge in [-0.25, -0.2) is 0 Å². The Morgan fingerprint density at radius 1 is 1.18 bits per heavy atom. The summed E-state index contributed by atoms with van der Waals surface area (Å²) in [6.07, 6.45) is -2.07. The fourth-order valence-electron chi connectivity index (χ4n) is 4.98. The van der Waals surface area contributed by atoms with E-state index in [1.165, 1.54) is 35.3 Å². The molecule has 1 aromatic carbocycles. The van der Waals surface area contributed by atoms with Gasteiger partial charge in [0.15, 0.2) is 0 Å². The second-order valence-electron chi connectivity index (χ2n) is 11.6. The third-order valence-electron chi connectivity index (χ3n) is 7.75. The van der Waals surface area contributed by atoms with Crippen LogP contribution in [0.25, 0.3) is 0 Å². The summed E-state index contributed by atoms with van der Waals surface area (Å²) < 4.78 is 50.5. The quantitative estimate of drug-likeness (QED) is 0.422. The van der Waals surface area contributed by atoms with Crippen molar-refractivity contribution < 1.29 is 42.1 Å². The van der Waals surface area contributed by atoms with Crippen LogP contribution in [0, 0.1) is 5.92 Å². The maximum absolute atomic E-state index is 14.2. The second-order valence-corrected chi connectivity index (χ2v) is 11.6. The topological polar surface area (TPSA) is 121 Å². The van der Waals surface area contributed by atoms with Crippen LogP contribution in [0.5, 0.6) is 5.75 Å². The summed E-state index contributed by atoms with van der Waals surface area (Å²) in [6.45, 7) is 5.57. The molecular formula is C32H43F3N4O6. The van der Waals surface area contributed by atoms with Crippen molar-refractivity contribution in [3.63, 3.8) is 0 Å². The molecule has 0 aliphatic carbocycles. The highest BCUT2D eigenvalue weighted by molar-refractivity contribution is 6.05. The lowest BCUT2D eigenvalue weighted by Crippen LogP contribution is -2.48. The van der Waals surface area contributed by atoms with Crippen LogP contribution in [0.3, 0.4) is 0 Å². The van der Waals surface area contributed by atoms with Crippen LogP contribution >= 0.6 is 0 Å². The Morgan fingerprint density at radius 2 is 1.89 bits per heavy atom. The Bertz CT molecular complexity index is 1280. The maximum atomic E-state index is 14.2. The number of hydrogen-bond donors (Lipinski definition) is 2. The maximum Gasteiger partial charge on any atom is 0.389 e. The van der Waals surface area contributed by atoms with Gasteiger partial charge in [0.2, 0.25) is 5.91 Å². The van der Waals surface area contributed by atoms with E-state index in [-0.39, 0.29) is 43.2 Å². The van der Waals surface area contributed by atoms with Crippen molar-refractivity contribution >= 4 is 23.4 Å². The monoisotopic (exact) mass is 636 g/mol. The predicted molar refractivity (Wildman–Crippen MR) is 162 cm³/mol. The van der Waals surface area contributed by atoms with Gasteiger partial charge in [-0.1, -0.05) is 6.92 Å². The van der Waals surface area contributed by atoms with Crippen LogP contribution in [0.2, 0.25) is 0 Å². The number of nitrogens with zero attached hydrogens (tertiary/aromatic N) is 3. The minimum atomic E-state index is -4.44. The van der Waals surface area contributed by atoms with Crippen molar-refractivity contribution in [2.45, 2.75) is 77.3 Å². The number of alkyl halides is 3. The summed E-state index contributed by atoms with van der Waals surface area (Å²) in [5.41, 5.74) is 0.945. The van der Waals surface area contributed by atoms with E-state index in [1.807, 2.05) is 13.8 Å². The minimum Gasteiger partial charge on any atom is -0.490 e. The first-order chi connectivity index (χ1) is 21.3. The van der Waals surface area contributed by atoms with E-state index in [9.17, 15) is 32.7 Å². The molecule has 3 rings (SSSR count). The molecule has 0 saturated heterocycles. The number of ether oxygens (including phenoxy) is 2. The zero-order valence-electron chi connectivity index (χ0n) is 26.2. The molecule has 2 heterocycles. The fourth-order valence-corrected chi connectivity index (χ4v) is 4.98. The Balaban J connectivity index is 1.91. The summed E-state index contributed by atoms with van der Waals surface area (Å²) in [4.78, 5) is 46.2. The van der Waals surface area contributed by atoms with Gasteiger partial charge in [-0.3, -0.25) is 19.4 Å². The average Bonchev–Trinajstić information content (AvgIpc) is 3.01. The van der Waals surface area contributed by atoms with Crippen molar-refractivity contribution in [2.24, 2.45) is 5.92 Å². The van der Waals surface area contributed by atoms with Gasteiger partial charge >= 0.3 is 6.18 Å². The van der Waals surface area contributed by atoms with Gasteiger partial charge in [0.05, 0.1) is 36.8 Å². The molecule has 0 saturated carbocycles. The summed E-state index contributed by atoms with van der Waals surface area (Å²) in [6, 6.07) is 7.33. The van der Waals surface area contributed by atoms with E-state index in [1.54, 1.807) is 31.2 Å². The molecule has 3 amide bonds. The predicted octanol–water partition coefficient (Wildman–Crippen LogP) is 4.93. The molecule has 1 aromatic heterocycles. The summed E-state index contributed by atoms with van der Waals surface area (Å²) in [5, 5.41) is 12.9. The number of anilines is 1. The zero-order chi connectivity index (χ0) is 33.1. The summed E-state index contributed by atoms with van der Waals surface area (Å²) in [7, 11) is 1.44. The molecule has 0 spiro atoms. The highest BCUT2D eigenvalue weighted by Gasteiger charge is 2.32. The molecule has 2 aromatic rings. The van der Waals surface area contributed by atoms with Gasteiger partial charge in [0.1, 0.15) is 5.75 Å². The highest BCUT2D eigenvalue weighted by atomic mass is 19.4. The minimum absolute atomic E-state index is 0.0364. The third-order valence-corrected chi connectivity index (χ3v) is 7.75. The van der Waals surface area contributed by atoms with Crippen molar-refractivity contribution in [3.8, 4) is 5.75 Å². The van der Waals surface area contributed by atoms with E-state index in [2.05, 4.69) is 10.3 Å². The number of halogens is 3. The first-order valence-electron chi connectivity index (χ1n) is 15.1. The van der Waals surface area contributed by atoms with Gasteiger partial charge in [-0.05, 0) is 63.4 Å². The van der Waals surface area contributed by atoms with Crippen molar-refractivity contribution in [1.82, 2.24) is 14.8 Å². The zero-order valence-corrected chi connectivity index (χ0v) is 26.2. The molecule has 13 heteroatoms. The lowest BCUT2D eigenvalue weighted by atomic mass is 10.0. The van der Waals surface area contributed by atoms with Crippen LogP contribution in [-0.2, 0) is 9.53 Å².